The maximum absolute atomic E-state index is 13.5. The molecule has 4 nitrogen and oxygen atoms in total. The van der Waals surface area contributed by atoms with Crippen molar-refractivity contribution >= 4 is 5.91 Å². The quantitative estimate of drug-likeness (QED) is 0.697. The Morgan fingerprint density at radius 2 is 1.76 bits per heavy atom. The van der Waals surface area contributed by atoms with Crippen LogP contribution in [0.25, 0.3) is 0 Å². The van der Waals surface area contributed by atoms with Crippen molar-refractivity contribution in [1.82, 2.24) is 4.90 Å². The Bertz CT molecular complexity index is 875. The molecule has 0 spiro atoms. The third kappa shape index (κ3) is 4.52. The third-order valence-electron chi connectivity index (χ3n) is 5.77. The van der Waals surface area contributed by atoms with Gasteiger partial charge in [0, 0.05) is 31.5 Å². The minimum atomic E-state index is -0.632. The second kappa shape index (κ2) is 8.39. The van der Waals surface area contributed by atoms with Gasteiger partial charge in [-0.15, -0.1) is 0 Å². The van der Waals surface area contributed by atoms with Crippen molar-refractivity contribution in [2.75, 3.05) is 13.7 Å². The summed E-state index contributed by atoms with van der Waals surface area (Å²) in [6.45, 7) is 0.706. The van der Waals surface area contributed by atoms with Crippen LogP contribution < -0.4 is 9.47 Å². The van der Waals surface area contributed by atoms with Crippen LogP contribution in [0, 0.1) is 11.6 Å². The first-order valence-corrected chi connectivity index (χ1v) is 10.1. The molecule has 1 heterocycles. The van der Waals surface area contributed by atoms with E-state index < -0.39 is 11.6 Å². The molecule has 2 fully saturated rings. The summed E-state index contributed by atoms with van der Waals surface area (Å²) < 4.78 is 38.5. The number of hydrogen-bond acceptors (Lipinski definition) is 3. The Morgan fingerprint density at radius 3 is 2.45 bits per heavy atom. The maximum atomic E-state index is 13.5. The lowest BCUT2D eigenvalue weighted by Crippen LogP contribution is -2.24. The van der Waals surface area contributed by atoms with E-state index in [1.54, 1.807) is 12.0 Å². The predicted molar refractivity (Wildman–Crippen MR) is 105 cm³/mol. The van der Waals surface area contributed by atoms with Crippen LogP contribution in [-0.2, 0) is 11.3 Å². The monoisotopic (exact) mass is 401 g/mol. The minimum absolute atomic E-state index is 0.0118. The summed E-state index contributed by atoms with van der Waals surface area (Å²) in [6.07, 6.45) is 5.04. The van der Waals surface area contributed by atoms with Gasteiger partial charge in [-0.05, 0) is 61.1 Å². The maximum Gasteiger partial charge on any atom is 0.223 e. The lowest BCUT2D eigenvalue weighted by atomic mass is 9.98. The average Bonchev–Trinajstić information content (AvgIpc) is 3.31. The number of benzene rings is 2. The molecule has 4 rings (SSSR count). The fourth-order valence-corrected chi connectivity index (χ4v) is 4.30. The Balaban J connectivity index is 1.49. The van der Waals surface area contributed by atoms with Crippen molar-refractivity contribution in [3.05, 3.63) is 59.2 Å². The van der Waals surface area contributed by atoms with Crippen LogP contribution in [0.2, 0.25) is 0 Å². The number of likely N-dealkylation sites (tertiary alicyclic amines) is 1. The first kappa shape index (κ1) is 19.7. The summed E-state index contributed by atoms with van der Waals surface area (Å²) in [7, 11) is 1.62. The van der Waals surface area contributed by atoms with E-state index in [4.69, 9.17) is 9.47 Å². The topological polar surface area (TPSA) is 38.8 Å². The molecule has 0 aromatic heterocycles. The average molecular weight is 401 g/mol. The molecule has 2 aliphatic rings. The van der Waals surface area contributed by atoms with Gasteiger partial charge in [0.05, 0.1) is 13.2 Å². The first-order chi connectivity index (χ1) is 14.0. The van der Waals surface area contributed by atoms with E-state index in [0.717, 1.165) is 30.2 Å². The smallest absolute Gasteiger partial charge is 0.223 e. The van der Waals surface area contributed by atoms with Gasteiger partial charge in [0.15, 0.2) is 11.5 Å². The molecule has 0 bridgehead atoms. The van der Waals surface area contributed by atoms with Gasteiger partial charge in [-0.3, -0.25) is 4.79 Å². The third-order valence-corrected chi connectivity index (χ3v) is 5.77. The Morgan fingerprint density at radius 1 is 1.03 bits per heavy atom. The summed E-state index contributed by atoms with van der Waals surface area (Å²) in [5.74, 6) is 0.137. The van der Waals surface area contributed by atoms with Crippen molar-refractivity contribution in [3.8, 4) is 11.5 Å². The van der Waals surface area contributed by atoms with Gasteiger partial charge in [0.25, 0.3) is 0 Å². The molecule has 0 unspecified atom stereocenters. The van der Waals surface area contributed by atoms with Crippen molar-refractivity contribution in [2.45, 2.75) is 50.7 Å². The molecule has 0 radical (unpaired) electrons. The lowest BCUT2D eigenvalue weighted by molar-refractivity contribution is -0.128. The second-order valence-corrected chi connectivity index (χ2v) is 7.89. The zero-order valence-corrected chi connectivity index (χ0v) is 16.5. The number of carbonyl (C=O) groups excluding carboxylic acids is 1. The lowest BCUT2D eigenvalue weighted by Gasteiger charge is -2.19. The van der Waals surface area contributed by atoms with Gasteiger partial charge in [-0.1, -0.05) is 6.07 Å². The van der Waals surface area contributed by atoms with E-state index >= 15 is 0 Å². The number of carbonyl (C=O) groups is 1. The number of nitrogens with zero attached hydrogens (tertiary/aromatic N) is 1. The molecule has 1 saturated heterocycles. The molecular formula is C23H25F2NO3. The van der Waals surface area contributed by atoms with Gasteiger partial charge in [-0.2, -0.15) is 0 Å². The van der Waals surface area contributed by atoms with Crippen LogP contribution in [0.4, 0.5) is 8.78 Å². The molecule has 2 aromatic rings. The number of rotatable bonds is 6. The van der Waals surface area contributed by atoms with Gasteiger partial charge in [-0.25, -0.2) is 8.78 Å². The molecule has 29 heavy (non-hydrogen) atoms. The zero-order valence-electron chi connectivity index (χ0n) is 16.5. The Hall–Kier alpha value is -2.63. The highest BCUT2D eigenvalue weighted by Crippen LogP contribution is 2.37. The van der Waals surface area contributed by atoms with E-state index in [1.807, 2.05) is 18.2 Å². The molecule has 2 aromatic carbocycles. The van der Waals surface area contributed by atoms with E-state index in [9.17, 15) is 13.6 Å². The summed E-state index contributed by atoms with van der Waals surface area (Å²) in [5, 5.41) is 0. The summed E-state index contributed by atoms with van der Waals surface area (Å²) in [5.41, 5.74) is 1.47. The summed E-state index contributed by atoms with van der Waals surface area (Å²) in [6, 6.07) is 9.19. The van der Waals surface area contributed by atoms with E-state index in [0.29, 0.717) is 24.3 Å². The largest absolute Gasteiger partial charge is 0.493 e. The summed E-state index contributed by atoms with van der Waals surface area (Å²) in [4.78, 5) is 14.2. The number of halogens is 2. The van der Waals surface area contributed by atoms with Gasteiger partial charge in [0.2, 0.25) is 5.91 Å². The molecule has 1 amide bonds. The number of ether oxygens (including phenoxy) is 2. The highest BCUT2D eigenvalue weighted by molar-refractivity contribution is 5.79. The molecular weight excluding hydrogens is 376 g/mol. The van der Waals surface area contributed by atoms with E-state index in [-0.39, 0.29) is 24.5 Å². The molecule has 1 saturated carbocycles. The van der Waals surface area contributed by atoms with Crippen LogP contribution in [0.3, 0.4) is 0 Å². The number of methoxy groups -OCH3 is 1. The second-order valence-electron chi connectivity index (χ2n) is 7.89. The molecule has 154 valence electrons. The van der Waals surface area contributed by atoms with Gasteiger partial charge < -0.3 is 14.4 Å². The molecule has 1 atom stereocenters. The van der Waals surface area contributed by atoms with Crippen LogP contribution >= 0.6 is 0 Å². The SMILES string of the molecule is COc1ccc([C@H]2CC(=O)N(Cc3cc(F)cc(F)c3)C2)cc1OC1CCCC1. The molecule has 6 heteroatoms. The van der Waals surface area contributed by atoms with E-state index in [1.165, 1.54) is 25.0 Å². The van der Waals surface area contributed by atoms with Crippen molar-refractivity contribution in [2.24, 2.45) is 0 Å². The van der Waals surface area contributed by atoms with Crippen molar-refractivity contribution < 1.29 is 23.0 Å². The van der Waals surface area contributed by atoms with Crippen molar-refractivity contribution in [3.63, 3.8) is 0 Å². The van der Waals surface area contributed by atoms with Gasteiger partial charge in [0.1, 0.15) is 11.6 Å². The van der Waals surface area contributed by atoms with E-state index in [2.05, 4.69) is 0 Å². The predicted octanol–water partition coefficient (Wildman–Crippen LogP) is 4.81. The van der Waals surface area contributed by atoms with Crippen LogP contribution in [0.15, 0.2) is 36.4 Å². The molecule has 1 aliphatic carbocycles. The zero-order chi connectivity index (χ0) is 20.4. The van der Waals surface area contributed by atoms with Crippen LogP contribution in [0.1, 0.15) is 49.1 Å². The molecule has 1 aliphatic heterocycles. The standard InChI is InChI=1S/C23H25F2NO3/c1-28-21-7-6-16(10-22(21)29-20-4-2-3-5-20)17-11-23(27)26(14-17)13-15-8-18(24)12-19(25)9-15/h6-10,12,17,20H,2-5,11,13-14H2,1H3/t17-/m0/s1. The van der Waals surface area contributed by atoms with Crippen LogP contribution in [0.5, 0.6) is 11.5 Å². The minimum Gasteiger partial charge on any atom is -0.493 e. The van der Waals surface area contributed by atoms with Crippen molar-refractivity contribution in [1.29, 1.82) is 0 Å². The molecule has 0 N–H and O–H groups in total. The first-order valence-electron chi connectivity index (χ1n) is 10.1. The normalized spacial score (nSPS) is 19.8. The summed E-state index contributed by atoms with van der Waals surface area (Å²) >= 11 is 0. The number of amides is 1. The van der Waals surface area contributed by atoms with Gasteiger partial charge >= 0.3 is 0 Å². The number of hydrogen-bond donors (Lipinski definition) is 0. The highest BCUT2D eigenvalue weighted by Gasteiger charge is 2.31. The fourth-order valence-electron chi connectivity index (χ4n) is 4.30. The Kier molecular flexibility index (Phi) is 5.69. The highest BCUT2D eigenvalue weighted by atomic mass is 19.1. The fraction of sp³-hybridized carbons (Fsp3) is 0.435. The Labute approximate surface area is 169 Å². The van der Waals surface area contributed by atoms with Crippen LogP contribution in [-0.4, -0.2) is 30.6 Å².